The van der Waals surface area contributed by atoms with Gasteiger partial charge in [-0.25, -0.2) is 0 Å². The smallest absolute Gasteiger partial charge is 0.236 e. The van der Waals surface area contributed by atoms with E-state index in [9.17, 15) is 4.79 Å². The number of likely N-dealkylation sites (N-methyl/N-ethyl adjacent to an activating group) is 1. The molecule has 0 saturated carbocycles. The first-order valence-electron chi connectivity index (χ1n) is 21.2. The zero-order valence-electron chi connectivity index (χ0n) is 33.7. The summed E-state index contributed by atoms with van der Waals surface area (Å²) < 4.78 is 6.27. The summed E-state index contributed by atoms with van der Waals surface area (Å²) >= 11 is 2.09. The molecule has 290 valence electrons. The third-order valence-corrected chi connectivity index (χ3v) is 11.0. The zero-order valence-corrected chi connectivity index (χ0v) is 34.5. The first kappa shape index (κ1) is 46.7. The molecule has 0 aromatic rings. The van der Waals surface area contributed by atoms with Crippen LogP contribution in [-0.2, 0) is 9.53 Å². The predicted molar refractivity (Wildman–Crippen MR) is 224 cm³/mol. The van der Waals surface area contributed by atoms with Crippen molar-refractivity contribution in [2.24, 2.45) is 5.41 Å². The molecule has 1 fully saturated rings. The second kappa shape index (κ2) is 34.8. The van der Waals surface area contributed by atoms with Gasteiger partial charge in [0.25, 0.3) is 0 Å². The van der Waals surface area contributed by atoms with Crippen LogP contribution in [0, 0.1) is 5.41 Å². The first-order chi connectivity index (χ1) is 24.5. The van der Waals surface area contributed by atoms with Crippen LogP contribution in [0.5, 0.6) is 0 Å². The van der Waals surface area contributed by atoms with Crippen molar-refractivity contribution in [3.8, 4) is 0 Å². The molecule has 50 heavy (non-hydrogen) atoms. The zero-order chi connectivity index (χ0) is 36.2. The highest BCUT2D eigenvalue weighted by Crippen LogP contribution is 2.35. The Bertz CT molecular complexity index is 820. The monoisotopic (exact) mass is 715 g/mol. The summed E-state index contributed by atoms with van der Waals surface area (Å²) in [4.78, 5) is 16.7. The number of hydrogen-bond donors (Lipinski definition) is 0. The fourth-order valence-corrected chi connectivity index (χ4v) is 7.75. The van der Waals surface area contributed by atoms with E-state index in [4.69, 9.17) is 4.74 Å². The van der Waals surface area contributed by atoms with Gasteiger partial charge in [-0.2, -0.15) is 11.8 Å². The van der Waals surface area contributed by atoms with E-state index in [1.807, 2.05) is 23.9 Å². The van der Waals surface area contributed by atoms with Crippen molar-refractivity contribution >= 4 is 17.7 Å². The van der Waals surface area contributed by atoms with E-state index in [1.165, 1.54) is 141 Å². The minimum atomic E-state index is 0.142. The van der Waals surface area contributed by atoms with Crippen molar-refractivity contribution in [1.29, 1.82) is 0 Å². The van der Waals surface area contributed by atoms with Gasteiger partial charge in [-0.1, -0.05) is 140 Å². The standard InChI is InChI=1S/C45H82N2O2S/c1-5-7-9-11-13-15-17-19-21-23-25-27-29-31-33-35-37-49-42-45(40-47(41-45)44(48)39-46(3)4)43-50-38-36-34-32-30-28-26-24-22-20-18-16-14-12-10-8-6-2/h13-16,19-22H,5-12,17-18,23-43H2,1-4H3/b15-13-,16-14-,21-19-,22-20-. The first-order valence-corrected chi connectivity index (χ1v) is 22.4. The van der Waals surface area contributed by atoms with Crippen LogP contribution in [0.15, 0.2) is 48.6 Å². The third kappa shape index (κ3) is 28.3. The molecule has 0 unspecified atom stereocenters. The Hall–Kier alpha value is -1.30. The van der Waals surface area contributed by atoms with Crippen molar-refractivity contribution in [2.75, 3.05) is 58.4 Å². The molecule has 0 atom stereocenters. The average Bonchev–Trinajstić information content (AvgIpc) is 3.08. The van der Waals surface area contributed by atoms with Crippen LogP contribution in [0.4, 0.5) is 0 Å². The molecule has 1 aliphatic rings. The number of nitrogens with zero attached hydrogens (tertiary/aromatic N) is 2. The summed E-state index contributed by atoms with van der Waals surface area (Å²) in [5, 5.41) is 0. The van der Waals surface area contributed by atoms with Crippen LogP contribution in [0.3, 0.4) is 0 Å². The molecule has 0 bridgehead atoms. The Balaban J connectivity index is 2.10. The average molecular weight is 715 g/mol. The van der Waals surface area contributed by atoms with E-state index in [-0.39, 0.29) is 11.3 Å². The number of hydrogen-bond acceptors (Lipinski definition) is 4. The van der Waals surface area contributed by atoms with Crippen molar-refractivity contribution in [3.05, 3.63) is 48.6 Å². The minimum absolute atomic E-state index is 0.142. The van der Waals surface area contributed by atoms with Gasteiger partial charge >= 0.3 is 0 Å². The number of likely N-dealkylation sites (tertiary alicyclic amines) is 1. The molecule has 0 aromatic carbocycles. The van der Waals surface area contributed by atoms with Crippen molar-refractivity contribution in [2.45, 2.75) is 168 Å². The third-order valence-electron chi connectivity index (χ3n) is 9.65. The Kier molecular flexibility index (Phi) is 32.5. The predicted octanol–water partition coefficient (Wildman–Crippen LogP) is 12.8. The van der Waals surface area contributed by atoms with Gasteiger partial charge < -0.3 is 14.5 Å². The molecule has 1 aliphatic heterocycles. The Labute approximate surface area is 316 Å². The molecule has 4 nitrogen and oxygen atoms in total. The van der Waals surface area contributed by atoms with Crippen LogP contribution in [0.1, 0.15) is 168 Å². The van der Waals surface area contributed by atoms with Gasteiger partial charge in [-0.05, 0) is 96.9 Å². The van der Waals surface area contributed by atoms with E-state index in [2.05, 4.69) is 74.2 Å². The van der Waals surface area contributed by atoms with E-state index in [1.54, 1.807) is 0 Å². The van der Waals surface area contributed by atoms with Gasteiger partial charge in [-0.3, -0.25) is 4.79 Å². The van der Waals surface area contributed by atoms with Gasteiger partial charge in [0.2, 0.25) is 5.91 Å². The molecule has 0 N–H and O–H groups in total. The largest absolute Gasteiger partial charge is 0.381 e. The van der Waals surface area contributed by atoms with Crippen molar-refractivity contribution in [1.82, 2.24) is 9.80 Å². The van der Waals surface area contributed by atoms with E-state index >= 15 is 0 Å². The quantitative estimate of drug-likeness (QED) is 0.0478. The lowest BCUT2D eigenvalue weighted by Gasteiger charge is -2.50. The van der Waals surface area contributed by atoms with E-state index in [0.717, 1.165) is 51.3 Å². The van der Waals surface area contributed by atoms with Crippen LogP contribution >= 0.6 is 11.8 Å². The molecule has 0 spiro atoms. The van der Waals surface area contributed by atoms with Crippen molar-refractivity contribution in [3.63, 3.8) is 0 Å². The molecule has 1 saturated heterocycles. The van der Waals surface area contributed by atoms with Crippen LogP contribution in [-0.4, -0.2) is 74.2 Å². The summed E-state index contributed by atoms with van der Waals surface area (Å²) in [5.41, 5.74) is 0.142. The lowest BCUT2D eigenvalue weighted by atomic mass is 9.82. The van der Waals surface area contributed by atoms with E-state index < -0.39 is 0 Å². The summed E-state index contributed by atoms with van der Waals surface area (Å²) in [6.45, 7) is 8.41. The van der Waals surface area contributed by atoms with Crippen LogP contribution in [0.2, 0.25) is 0 Å². The maximum Gasteiger partial charge on any atom is 0.236 e. The highest BCUT2D eigenvalue weighted by Gasteiger charge is 2.45. The van der Waals surface area contributed by atoms with Gasteiger partial charge in [-0.15, -0.1) is 0 Å². The second-order valence-electron chi connectivity index (χ2n) is 15.3. The number of thioether (sulfide) groups is 1. The molecule has 1 rings (SSSR count). The Morgan fingerprint density at radius 1 is 0.620 bits per heavy atom. The van der Waals surface area contributed by atoms with Gasteiger partial charge in [0.1, 0.15) is 0 Å². The van der Waals surface area contributed by atoms with Crippen LogP contribution in [0.25, 0.3) is 0 Å². The fraction of sp³-hybridized carbons (Fsp3) is 0.800. The topological polar surface area (TPSA) is 32.8 Å². The molecule has 1 heterocycles. The number of carbonyl (C=O) groups is 1. The maximum atomic E-state index is 12.6. The minimum Gasteiger partial charge on any atom is -0.381 e. The lowest BCUT2D eigenvalue weighted by Crippen LogP contribution is -2.63. The number of allylic oxidation sites excluding steroid dienone is 8. The molecule has 5 heteroatoms. The summed E-state index contributed by atoms with van der Waals surface area (Å²) in [6, 6.07) is 0. The number of amides is 1. The van der Waals surface area contributed by atoms with Crippen LogP contribution < -0.4 is 0 Å². The lowest BCUT2D eigenvalue weighted by molar-refractivity contribution is -0.146. The SMILES string of the molecule is CCCCC/C=C\C/C=C\CCCCCCCCOCC1(CSCCCCCCCC/C=C\C/C=C\CCCCC)CN(C(=O)CN(C)C)C1. The highest BCUT2D eigenvalue weighted by atomic mass is 32.2. The molecule has 0 aromatic heterocycles. The Morgan fingerprint density at radius 3 is 1.54 bits per heavy atom. The molecule has 0 radical (unpaired) electrons. The summed E-state index contributed by atoms with van der Waals surface area (Å²) in [6.07, 6.45) is 49.6. The number of ether oxygens (including phenoxy) is 1. The maximum absolute atomic E-state index is 12.6. The van der Waals surface area contributed by atoms with E-state index in [0.29, 0.717) is 6.54 Å². The molecular formula is C45H82N2O2S. The van der Waals surface area contributed by atoms with Gasteiger partial charge in [0.15, 0.2) is 0 Å². The molecular weight excluding hydrogens is 633 g/mol. The highest BCUT2D eigenvalue weighted by molar-refractivity contribution is 7.99. The summed E-state index contributed by atoms with van der Waals surface area (Å²) in [5.74, 6) is 2.60. The normalized spacial score (nSPS) is 14.8. The number of unbranched alkanes of at least 4 members (excludes halogenated alkanes) is 18. The number of carbonyl (C=O) groups excluding carboxylic acids is 1. The number of rotatable bonds is 36. The second-order valence-corrected chi connectivity index (χ2v) is 16.4. The fourth-order valence-electron chi connectivity index (χ4n) is 6.50. The van der Waals surface area contributed by atoms with Gasteiger partial charge in [0, 0.05) is 30.9 Å². The Morgan fingerprint density at radius 2 is 1.06 bits per heavy atom. The summed E-state index contributed by atoms with van der Waals surface area (Å²) in [7, 11) is 3.95. The molecule has 0 aliphatic carbocycles. The van der Waals surface area contributed by atoms with Gasteiger partial charge in [0.05, 0.1) is 13.2 Å². The van der Waals surface area contributed by atoms with Crippen molar-refractivity contribution < 1.29 is 9.53 Å². The molecule has 1 amide bonds.